The van der Waals surface area contributed by atoms with Crippen LogP contribution in [0.25, 0.3) is 0 Å². The number of aromatic nitrogens is 2. The van der Waals surface area contributed by atoms with Gasteiger partial charge in [-0.2, -0.15) is 10.1 Å². The molecule has 43 heavy (non-hydrogen) atoms. The van der Waals surface area contributed by atoms with Gasteiger partial charge in [0.2, 0.25) is 5.95 Å². The van der Waals surface area contributed by atoms with Crippen LogP contribution in [0, 0.1) is 0 Å². The summed E-state index contributed by atoms with van der Waals surface area (Å²) in [4.78, 5) is 21.8. The Hall–Kier alpha value is -5.58. The lowest BCUT2D eigenvalue weighted by Crippen LogP contribution is -2.25. The molecule has 0 aliphatic carbocycles. The number of carbonyl (C=O) groups excluding carboxylic acids is 1. The number of carbonyl (C=O) groups is 1. The third-order valence-corrected chi connectivity index (χ3v) is 7.26. The summed E-state index contributed by atoms with van der Waals surface area (Å²) < 4.78 is 22.7. The summed E-state index contributed by atoms with van der Waals surface area (Å²) in [7, 11) is 3.01. The van der Waals surface area contributed by atoms with Crippen molar-refractivity contribution in [3.8, 4) is 23.0 Å². The van der Waals surface area contributed by atoms with E-state index in [9.17, 15) is 4.79 Å². The highest BCUT2D eigenvalue weighted by atomic mass is 16.6. The molecule has 0 amide bonds. The highest BCUT2D eigenvalue weighted by Crippen LogP contribution is 2.39. The lowest BCUT2D eigenvalue weighted by molar-refractivity contribution is 0.104. The van der Waals surface area contributed by atoms with Gasteiger partial charge in [-0.15, -0.1) is 0 Å². The molecule has 11 heteroatoms. The SMILES string of the molecule is COc1cc(Cc2cnc(N)nc2N)cc(C(=O)/C=C/N2N=Cc3ccccc3C2c2ccc3c(c2)OCCO3)c1OC. The van der Waals surface area contributed by atoms with Crippen molar-refractivity contribution < 1.29 is 23.7 Å². The molecule has 0 saturated heterocycles. The number of hydrogen-bond acceptors (Lipinski definition) is 11. The number of allylic oxidation sites excluding steroid dienone is 1. The summed E-state index contributed by atoms with van der Waals surface area (Å²) in [6, 6.07) is 17.1. The molecule has 1 unspecified atom stereocenters. The van der Waals surface area contributed by atoms with Gasteiger partial charge in [0.25, 0.3) is 0 Å². The fraction of sp³-hybridized carbons (Fsp3) is 0.188. The molecule has 0 saturated carbocycles. The van der Waals surface area contributed by atoms with Gasteiger partial charge in [0, 0.05) is 36.0 Å². The minimum absolute atomic E-state index is 0.0899. The standard InChI is InChI=1S/C32H30N6O5/c1-40-28-15-19(13-22-17-35-32(34)37-31(22)33)14-24(30(28)41-2)25(39)9-10-38-29(23-6-4-3-5-21(23)18-36-38)20-7-8-26-27(16-20)43-12-11-42-26/h3-10,14-18,29H,11-13H2,1-2H3,(H4,33,34,35,37)/b10-9+. The van der Waals surface area contributed by atoms with Crippen LogP contribution in [0.3, 0.4) is 0 Å². The highest BCUT2D eigenvalue weighted by Gasteiger charge is 2.27. The minimum atomic E-state index is -0.308. The Kier molecular flexibility index (Phi) is 7.52. The van der Waals surface area contributed by atoms with E-state index < -0.39 is 0 Å². The molecule has 4 aromatic rings. The van der Waals surface area contributed by atoms with Crippen LogP contribution in [0.1, 0.15) is 44.2 Å². The van der Waals surface area contributed by atoms with Crippen LogP contribution in [0.15, 0.2) is 78.2 Å². The second-order valence-electron chi connectivity index (χ2n) is 9.93. The largest absolute Gasteiger partial charge is 0.493 e. The van der Waals surface area contributed by atoms with Gasteiger partial charge in [0.1, 0.15) is 25.1 Å². The summed E-state index contributed by atoms with van der Waals surface area (Å²) in [5.41, 5.74) is 16.4. The van der Waals surface area contributed by atoms with Crippen molar-refractivity contribution in [1.29, 1.82) is 0 Å². The molecule has 11 nitrogen and oxygen atoms in total. The van der Waals surface area contributed by atoms with Gasteiger partial charge in [0.05, 0.1) is 26.0 Å². The zero-order valence-corrected chi connectivity index (χ0v) is 23.7. The molecule has 0 spiro atoms. The van der Waals surface area contributed by atoms with Gasteiger partial charge in [-0.3, -0.25) is 9.80 Å². The number of benzene rings is 3. The van der Waals surface area contributed by atoms with Gasteiger partial charge < -0.3 is 30.4 Å². The first kappa shape index (κ1) is 27.6. The van der Waals surface area contributed by atoms with Crippen LogP contribution < -0.4 is 30.4 Å². The molecule has 2 aliphatic rings. The van der Waals surface area contributed by atoms with E-state index in [2.05, 4.69) is 21.1 Å². The molecular weight excluding hydrogens is 548 g/mol. The zero-order valence-electron chi connectivity index (χ0n) is 23.7. The normalized spacial score (nSPS) is 15.3. The Morgan fingerprint density at radius 2 is 1.86 bits per heavy atom. The summed E-state index contributed by atoms with van der Waals surface area (Å²) in [6.45, 7) is 0.993. The average Bonchev–Trinajstić information content (AvgIpc) is 3.03. The molecule has 0 bridgehead atoms. The number of hydrazone groups is 1. The number of ether oxygens (including phenoxy) is 4. The molecular formula is C32H30N6O5. The Balaban J connectivity index is 1.34. The first-order chi connectivity index (χ1) is 20.9. The van der Waals surface area contributed by atoms with E-state index in [0.29, 0.717) is 53.8 Å². The number of ketones is 1. The first-order valence-corrected chi connectivity index (χ1v) is 13.6. The zero-order chi connectivity index (χ0) is 29.9. The van der Waals surface area contributed by atoms with Crippen molar-refractivity contribution in [1.82, 2.24) is 15.0 Å². The molecule has 6 rings (SSSR count). The maximum Gasteiger partial charge on any atom is 0.221 e. The number of nitrogens with zero attached hydrogens (tertiary/aromatic N) is 4. The summed E-state index contributed by atoms with van der Waals surface area (Å²) in [5, 5.41) is 6.43. The third kappa shape index (κ3) is 5.52. The number of fused-ring (bicyclic) bond motifs is 2. The van der Waals surface area contributed by atoms with E-state index in [-0.39, 0.29) is 23.6 Å². The van der Waals surface area contributed by atoms with E-state index in [1.165, 1.54) is 20.3 Å². The van der Waals surface area contributed by atoms with E-state index in [4.69, 9.17) is 30.4 Å². The number of nitrogen functional groups attached to an aromatic ring is 2. The Labute approximate surface area is 248 Å². The predicted octanol–water partition coefficient (Wildman–Crippen LogP) is 4.16. The summed E-state index contributed by atoms with van der Waals surface area (Å²) in [6.07, 6.45) is 6.84. The molecule has 1 atom stereocenters. The fourth-order valence-corrected chi connectivity index (χ4v) is 5.23. The van der Waals surface area contributed by atoms with Gasteiger partial charge in [-0.1, -0.05) is 30.3 Å². The van der Waals surface area contributed by atoms with Crippen molar-refractivity contribution in [2.45, 2.75) is 12.5 Å². The van der Waals surface area contributed by atoms with E-state index in [0.717, 1.165) is 22.3 Å². The first-order valence-electron chi connectivity index (χ1n) is 13.6. The summed E-state index contributed by atoms with van der Waals surface area (Å²) in [5.74, 6) is 2.16. The van der Waals surface area contributed by atoms with E-state index >= 15 is 0 Å². The van der Waals surface area contributed by atoms with Crippen molar-refractivity contribution >= 4 is 23.8 Å². The number of hydrogen-bond donors (Lipinski definition) is 2. The monoisotopic (exact) mass is 578 g/mol. The van der Waals surface area contributed by atoms with Crippen molar-refractivity contribution in [3.05, 3.63) is 106 Å². The smallest absolute Gasteiger partial charge is 0.221 e. The molecule has 4 N–H and O–H groups in total. The maximum absolute atomic E-state index is 13.7. The quantitative estimate of drug-likeness (QED) is 0.231. The van der Waals surface area contributed by atoms with Gasteiger partial charge >= 0.3 is 0 Å². The van der Waals surface area contributed by atoms with Crippen LogP contribution in [-0.2, 0) is 6.42 Å². The summed E-state index contributed by atoms with van der Waals surface area (Å²) >= 11 is 0. The topological polar surface area (TPSA) is 147 Å². The highest BCUT2D eigenvalue weighted by molar-refractivity contribution is 6.07. The number of rotatable bonds is 8. The van der Waals surface area contributed by atoms with Gasteiger partial charge in [0.15, 0.2) is 28.8 Å². The second-order valence-corrected chi connectivity index (χ2v) is 9.93. The maximum atomic E-state index is 13.7. The molecule has 218 valence electrons. The lowest BCUT2D eigenvalue weighted by atomic mass is 9.93. The Morgan fingerprint density at radius 1 is 1.05 bits per heavy atom. The van der Waals surface area contributed by atoms with E-state index in [1.54, 1.807) is 35.8 Å². The molecule has 3 aromatic carbocycles. The Bertz CT molecular complexity index is 1750. The van der Waals surface area contributed by atoms with Crippen molar-refractivity contribution in [2.24, 2.45) is 5.10 Å². The van der Waals surface area contributed by atoms with Gasteiger partial charge in [-0.25, -0.2) is 4.98 Å². The fourth-order valence-electron chi connectivity index (χ4n) is 5.23. The Morgan fingerprint density at radius 3 is 2.65 bits per heavy atom. The third-order valence-electron chi connectivity index (χ3n) is 7.26. The number of methoxy groups -OCH3 is 2. The van der Waals surface area contributed by atoms with Crippen LogP contribution in [0.2, 0.25) is 0 Å². The second kappa shape index (κ2) is 11.7. The van der Waals surface area contributed by atoms with Gasteiger partial charge in [-0.05, 0) is 41.0 Å². The van der Waals surface area contributed by atoms with Crippen molar-refractivity contribution in [3.63, 3.8) is 0 Å². The molecule has 3 heterocycles. The molecule has 0 fully saturated rings. The van der Waals surface area contributed by atoms with Crippen LogP contribution in [0.4, 0.5) is 11.8 Å². The average molecular weight is 579 g/mol. The molecule has 0 radical (unpaired) electrons. The van der Waals surface area contributed by atoms with Crippen LogP contribution >= 0.6 is 0 Å². The molecule has 2 aliphatic heterocycles. The molecule has 1 aromatic heterocycles. The minimum Gasteiger partial charge on any atom is -0.493 e. The number of anilines is 2. The lowest BCUT2D eigenvalue weighted by Gasteiger charge is -2.32. The van der Waals surface area contributed by atoms with Crippen LogP contribution in [0.5, 0.6) is 23.0 Å². The predicted molar refractivity (Wildman–Crippen MR) is 162 cm³/mol. The van der Waals surface area contributed by atoms with E-state index in [1.807, 2.05) is 36.4 Å². The van der Waals surface area contributed by atoms with Crippen molar-refractivity contribution in [2.75, 3.05) is 38.9 Å². The van der Waals surface area contributed by atoms with Crippen LogP contribution in [-0.4, -0.2) is 54.4 Å². The number of nitrogens with two attached hydrogens (primary N) is 2.